The van der Waals surface area contributed by atoms with Crippen LogP contribution in [-0.2, 0) is 11.3 Å². The lowest BCUT2D eigenvalue weighted by Crippen LogP contribution is -2.35. The molecule has 7 nitrogen and oxygen atoms in total. The molecule has 0 aliphatic rings. The molecule has 132 valence electrons. The van der Waals surface area contributed by atoms with Gasteiger partial charge < -0.3 is 25.5 Å². The summed E-state index contributed by atoms with van der Waals surface area (Å²) in [5, 5.41) is 34.0. The fourth-order valence-electron chi connectivity index (χ4n) is 2.19. The molecule has 0 saturated carbocycles. The number of aliphatic hydroxyl groups excluding tert-OH is 2. The van der Waals surface area contributed by atoms with Gasteiger partial charge in [-0.25, -0.2) is 4.79 Å². The van der Waals surface area contributed by atoms with Crippen LogP contribution in [0.5, 0.6) is 0 Å². The van der Waals surface area contributed by atoms with Gasteiger partial charge in [-0.15, -0.1) is 0 Å². The second-order valence-electron chi connectivity index (χ2n) is 5.37. The fourth-order valence-corrected chi connectivity index (χ4v) is 2.19. The second kappa shape index (κ2) is 9.41. The molecular formula is C18H20N2O5. The molecule has 1 amide bonds. The van der Waals surface area contributed by atoms with Crippen molar-refractivity contribution in [2.24, 2.45) is 5.16 Å². The summed E-state index contributed by atoms with van der Waals surface area (Å²) in [4.78, 5) is 11.6. The highest BCUT2D eigenvalue weighted by Gasteiger charge is 2.19. The Hall–Kier alpha value is -2.90. The van der Waals surface area contributed by atoms with Crippen molar-refractivity contribution >= 4 is 12.3 Å². The number of aliphatic hydroxyl groups is 2. The maximum atomic E-state index is 11.6. The van der Waals surface area contributed by atoms with E-state index in [4.69, 9.17) is 9.94 Å². The average Bonchev–Trinajstić information content (AvgIpc) is 2.65. The number of rotatable bonds is 7. The van der Waals surface area contributed by atoms with Crippen molar-refractivity contribution in [1.82, 2.24) is 5.32 Å². The SMILES string of the molecule is O=C(NCC(O)C(O)c1cccc(C=NO)c1)OCc1ccccc1. The van der Waals surface area contributed by atoms with E-state index in [1.165, 1.54) is 6.21 Å². The minimum absolute atomic E-state index is 0.119. The van der Waals surface area contributed by atoms with Gasteiger partial charge in [0, 0.05) is 6.54 Å². The zero-order valence-corrected chi connectivity index (χ0v) is 13.4. The summed E-state index contributed by atoms with van der Waals surface area (Å²) in [5.74, 6) is 0. The van der Waals surface area contributed by atoms with Gasteiger partial charge in [0.05, 0.1) is 6.21 Å². The van der Waals surface area contributed by atoms with Crippen LogP contribution in [0.4, 0.5) is 4.79 Å². The number of hydrogen-bond acceptors (Lipinski definition) is 6. The van der Waals surface area contributed by atoms with Crippen molar-refractivity contribution in [2.75, 3.05) is 6.54 Å². The molecule has 25 heavy (non-hydrogen) atoms. The third kappa shape index (κ3) is 5.91. The lowest BCUT2D eigenvalue weighted by atomic mass is 10.0. The molecular weight excluding hydrogens is 324 g/mol. The summed E-state index contributed by atoms with van der Waals surface area (Å²) in [7, 11) is 0. The molecule has 0 aliphatic heterocycles. The Kier molecular flexibility index (Phi) is 6.94. The molecule has 0 bridgehead atoms. The maximum Gasteiger partial charge on any atom is 0.407 e. The van der Waals surface area contributed by atoms with E-state index in [1.54, 1.807) is 24.3 Å². The quantitative estimate of drug-likeness (QED) is 0.348. The Bertz CT molecular complexity index is 706. The van der Waals surface area contributed by atoms with Crippen molar-refractivity contribution in [3.05, 3.63) is 71.3 Å². The van der Waals surface area contributed by atoms with Gasteiger partial charge in [0.15, 0.2) is 0 Å². The summed E-state index contributed by atoms with van der Waals surface area (Å²) in [6.07, 6.45) is -1.90. The number of alkyl carbamates (subject to hydrolysis) is 1. The standard InChI is InChI=1S/C18H20N2O5/c21-16(17(22)15-8-4-7-14(9-15)10-20-24)11-19-18(23)25-12-13-5-2-1-3-6-13/h1-10,16-17,21-22,24H,11-12H2,(H,19,23). The van der Waals surface area contributed by atoms with Crippen LogP contribution < -0.4 is 5.32 Å². The Morgan fingerprint density at radius 2 is 1.92 bits per heavy atom. The molecule has 2 unspecified atom stereocenters. The summed E-state index contributed by atoms with van der Waals surface area (Å²) >= 11 is 0. The van der Waals surface area contributed by atoms with Crippen molar-refractivity contribution in [1.29, 1.82) is 0 Å². The highest BCUT2D eigenvalue weighted by Crippen LogP contribution is 2.17. The Balaban J connectivity index is 1.81. The molecule has 0 radical (unpaired) electrons. The lowest BCUT2D eigenvalue weighted by Gasteiger charge is -2.19. The molecule has 2 aromatic rings. The van der Waals surface area contributed by atoms with Gasteiger partial charge in [-0.1, -0.05) is 53.7 Å². The van der Waals surface area contributed by atoms with Gasteiger partial charge >= 0.3 is 6.09 Å². The van der Waals surface area contributed by atoms with E-state index < -0.39 is 18.3 Å². The topological polar surface area (TPSA) is 111 Å². The Morgan fingerprint density at radius 1 is 1.16 bits per heavy atom. The molecule has 0 aliphatic carbocycles. The zero-order chi connectivity index (χ0) is 18.1. The first-order valence-electron chi connectivity index (χ1n) is 7.68. The molecule has 2 rings (SSSR count). The number of benzene rings is 2. The monoisotopic (exact) mass is 344 g/mol. The average molecular weight is 344 g/mol. The van der Waals surface area contributed by atoms with Crippen LogP contribution in [0.2, 0.25) is 0 Å². The van der Waals surface area contributed by atoms with Crippen molar-refractivity contribution < 1.29 is 25.0 Å². The van der Waals surface area contributed by atoms with Gasteiger partial charge in [-0.05, 0) is 22.8 Å². The normalized spacial score (nSPS) is 13.4. The number of oxime groups is 1. The van der Waals surface area contributed by atoms with Crippen LogP contribution in [0.25, 0.3) is 0 Å². The van der Waals surface area contributed by atoms with Gasteiger partial charge in [0.1, 0.15) is 18.8 Å². The summed E-state index contributed by atoms with van der Waals surface area (Å²) in [6.45, 7) is -0.0546. The highest BCUT2D eigenvalue weighted by atomic mass is 16.5. The van der Waals surface area contributed by atoms with Crippen LogP contribution >= 0.6 is 0 Å². The van der Waals surface area contributed by atoms with Crippen LogP contribution in [0.1, 0.15) is 22.8 Å². The van der Waals surface area contributed by atoms with Crippen molar-refractivity contribution in [3.63, 3.8) is 0 Å². The van der Waals surface area contributed by atoms with Crippen LogP contribution in [0.3, 0.4) is 0 Å². The second-order valence-corrected chi connectivity index (χ2v) is 5.37. The third-order valence-corrected chi connectivity index (χ3v) is 3.49. The molecule has 2 aromatic carbocycles. The molecule has 2 atom stereocenters. The van der Waals surface area contributed by atoms with Crippen molar-refractivity contribution in [2.45, 2.75) is 18.8 Å². The lowest BCUT2D eigenvalue weighted by molar-refractivity contribution is 0.0184. The van der Waals surface area contributed by atoms with Crippen molar-refractivity contribution in [3.8, 4) is 0 Å². The predicted octanol–water partition coefficient (Wildman–Crippen LogP) is 1.82. The summed E-state index contributed by atoms with van der Waals surface area (Å²) < 4.78 is 5.03. The predicted molar refractivity (Wildman–Crippen MR) is 91.4 cm³/mol. The fraction of sp³-hybridized carbons (Fsp3) is 0.222. The maximum absolute atomic E-state index is 11.6. The van der Waals surface area contributed by atoms with E-state index in [0.29, 0.717) is 11.1 Å². The zero-order valence-electron chi connectivity index (χ0n) is 13.4. The Morgan fingerprint density at radius 3 is 2.64 bits per heavy atom. The summed E-state index contributed by atoms with van der Waals surface area (Å²) in [5.41, 5.74) is 1.85. The smallest absolute Gasteiger partial charge is 0.407 e. The van der Waals surface area contributed by atoms with E-state index in [0.717, 1.165) is 5.56 Å². The summed E-state index contributed by atoms with van der Waals surface area (Å²) in [6, 6.07) is 15.7. The first kappa shape index (κ1) is 18.4. The molecule has 0 fully saturated rings. The van der Waals surface area contributed by atoms with Gasteiger partial charge in [-0.2, -0.15) is 0 Å². The minimum atomic E-state index is -1.22. The molecule has 4 N–H and O–H groups in total. The molecule has 0 spiro atoms. The first-order valence-corrected chi connectivity index (χ1v) is 7.68. The van der Waals surface area contributed by atoms with E-state index in [9.17, 15) is 15.0 Å². The number of carbonyl (C=O) groups is 1. The van der Waals surface area contributed by atoms with E-state index in [2.05, 4.69) is 10.5 Å². The van der Waals surface area contributed by atoms with E-state index >= 15 is 0 Å². The number of hydrogen-bond donors (Lipinski definition) is 4. The van der Waals surface area contributed by atoms with E-state index in [-0.39, 0.29) is 13.2 Å². The van der Waals surface area contributed by atoms with Gasteiger partial charge in [0.2, 0.25) is 0 Å². The molecule has 0 heterocycles. The van der Waals surface area contributed by atoms with Gasteiger partial charge in [-0.3, -0.25) is 0 Å². The number of amides is 1. The highest BCUT2D eigenvalue weighted by molar-refractivity contribution is 5.79. The minimum Gasteiger partial charge on any atom is -0.445 e. The van der Waals surface area contributed by atoms with E-state index in [1.807, 2.05) is 30.3 Å². The van der Waals surface area contributed by atoms with Crippen LogP contribution in [0.15, 0.2) is 59.8 Å². The molecule has 0 saturated heterocycles. The number of nitrogens with zero attached hydrogens (tertiary/aromatic N) is 1. The van der Waals surface area contributed by atoms with Gasteiger partial charge in [0.25, 0.3) is 0 Å². The number of nitrogens with one attached hydrogen (secondary N) is 1. The number of ether oxygens (including phenoxy) is 1. The van der Waals surface area contributed by atoms with Crippen LogP contribution in [-0.4, -0.2) is 40.4 Å². The first-order chi connectivity index (χ1) is 12.1. The molecule has 0 aromatic heterocycles. The van der Waals surface area contributed by atoms with Crippen LogP contribution in [0, 0.1) is 0 Å². The Labute approximate surface area is 145 Å². The number of carbonyl (C=O) groups excluding carboxylic acids is 1. The third-order valence-electron chi connectivity index (χ3n) is 3.49. The molecule has 7 heteroatoms. The largest absolute Gasteiger partial charge is 0.445 e.